The van der Waals surface area contributed by atoms with Gasteiger partial charge in [0.25, 0.3) is 0 Å². The minimum absolute atomic E-state index is 0.961. The molecule has 0 aromatic heterocycles. The van der Waals surface area contributed by atoms with Crippen LogP contribution in [0, 0.1) is 0 Å². The Morgan fingerprint density at radius 1 is 1.14 bits per heavy atom. The Bertz CT molecular complexity index is 273. The second kappa shape index (κ2) is 5.48. The van der Waals surface area contributed by atoms with E-state index in [1.807, 2.05) is 6.07 Å². The molecule has 0 N–H and O–H groups in total. The number of allylic oxidation sites excluding steroid dienone is 1. The average Bonchev–Trinajstić information content (AvgIpc) is 2.21. The van der Waals surface area contributed by atoms with Crippen molar-refractivity contribution in [2.75, 3.05) is 13.1 Å². The van der Waals surface area contributed by atoms with Gasteiger partial charge in [-0.25, -0.2) is 0 Å². The predicted molar refractivity (Wildman–Crippen MR) is 62.2 cm³/mol. The zero-order valence-electron chi connectivity index (χ0n) is 9.16. The predicted octanol–water partition coefficient (Wildman–Crippen LogP) is 3.08. The van der Waals surface area contributed by atoms with Crippen LogP contribution in [-0.4, -0.2) is 18.0 Å². The van der Waals surface area contributed by atoms with Gasteiger partial charge in [0.05, 0.1) is 0 Å². The molecule has 1 aromatic rings. The lowest BCUT2D eigenvalue weighted by molar-refractivity contribution is 0.376. The molecule has 0 atom stereocenters. The van der Waals surface area contributed by atoms with Crippen molar-refractivity contribution < 1.29 is 0 Å². The molecule has 1 rings (SSSR count). The SMILES string of the molecule is C=C(Cc1ccccc1)N(CC)CC. The average molecular weight is 189 g/mol. The van der Waals surface area contributed by atoms with Crippen LogP contribution >= 0.6 is 0 Å². The van der Waals surface area contributed by atoms with Gasteiger partial charge < -0.3 is 4.90 Å². The zero-order valence-corrected chi connectivity index (χ0v) is 9.16. The Kier molecular flexibility index (Phi) is 4.24. The van der Waals surface area contributed by atoms with E-state index < -0.39 is 0 Å². The highest BCUT2D eigenvalue weighted by Crippen LogP contribution is 2.09. The van der Waals surface area contributed by atoms with E-state index >= 15 is 0 Å². The van der Waals surface area contributed by atoms with Crippen LogP contribution in [0.5, 0.6) is 0 Å². The highest BCUT2D eigenvalue weighted by molar-refractivity contribution is 5.20. The molecule has 0 heterocycles. The molecule has 76 valence electrons. The maximum Gasteiger partial charge on any atom is 0.0146 e. The summed E-state index contributed by atoms with van der Waals surface area (Å²) in [5.41, 5.74) is 2.55. The van der Waals surface area contributed by atoms with E-state index in [2.05, 4.69) is 49.6 Å². The monoisotopic (exact) mass is 189 g/mol. The Morgan fingerprint density at radius 3 is 2.21 bits per heavy atom. The fraction of sp³-hybridized carbons (Fsp3) is 0.385. The second-order valence-electron chi connectivity index (χ2n) is 3.40. The molecule has 0 saturated carbocycles. The largest absolute Gasteiger partial charge is 0.376 e. The first-order chi connectivity index (χ1) is 6.77. The Hall–Kier alpha value is -1.24. The van der Waals surface area contributed by atoms with Crippen molar-refractivity contribution in [1.82, 2.24) is 4.90 Å². The molecule has 0 bridgehead atoms. The molecule has 0 amide bonds. The normalized spacial score (nSPS) is 9.86. The first kappa shape index (κ1) is 10.8. The van der Waals surface area contributed by atoms with Crippen molar-refractivity contribution in [3.8, 4) is 0 Å². The van der Waals surface area contributed by atoms with Gasteiger partial charge >= 0.3 is 0 Å². The van der Waals surface area contributed by atoms with E-state index in [1.54, 1.807) is 0 Å². The molecule has 0 aliphatic heterocycles. The molecule has 0 aliphatic rings. The molecule has 1 heteroatoms. The van der Waals surface area contributed by atoms with E-state index in [-0.39, 0.29) is 0 Å². The fourth-order valence-electron chi connectivity index (χ4n) is 1.61. The molecule has 0 aliphatic carbocycles. The Morgan fingerprint density at radius 2 is 1.71 bits per heavy atom. The molecule has 0 fully saturated rings. The van der Waals surface area contributed by atoms with Crippen LogP contribution < -0.4 is 0 Å². The van der Waals surface area contributed by atoms with Crippen molar-refractivity contribution in [2.45, 2.75) is 20.3 Å². The third-order valence-corrected chi connectivity index (χ3v) is 2.46. The van der Waals surface area contributed by atoms with Crippen LogP contribution in [0.4, 0.5) is 0 Å². The van der Waals surface area contributed by atoms with Gasteiger partial charge in [0, 0.05) is 25.2 Å². The van der Waals surface area contributed by atoms with Crippen molar-refractivity contribution in [3.63, 3.8) is 0 Å². The summed E-state index contributed by atoms with van der Waals surface area (Å²) < 4.78 is 0. The van der Waals surface area contributed by atoms with Crippen molar-refractivity contribution in [3.05, 3.63) is 48.2 Å². The smallest absolute Gasteiger partial charge is 0.0146 e. The minimum Gasteiger partial charge on any atom is -0.376 e. The van der Waals surface area contributed by atoms with Crippen LogP contribution in [0.25, 0.3) is 0 Å². The van der Waals surface area contributed by atoms with Gasteiger partial charge in [-0.15, -0.1) is 0 Å². The quantitative estimate of drug-likeness (QED) is 0.688. The van der Waals surface area contributed by atoms with Crippen LogP contribution in [-0.2, 0) is 6.42 Å². The van der Waals surface area contributed by atoms with E-state index in [0.717, 1.165) is 19.5 Å². The summed E-state index contributed by atoms with van der Waals surface area (Å²) in [5, 5.41) is 0. The molecular formula is C13H19N. The maximum absolute atomic E-state index is 4.12. The van der Waals surface area contributed by atoms with Crippen molar-refractivity contribution in [1.29, 1.82) is 0 Å². The van der Waals surface area contributed by atoms with Gasteiger partial charge in [0.15, 0.2) is 0 Å². The van der Waals surface area contributed by atoms with Gasteiger partial charge in [-0.1, -0.05) is 36.9 Å². The third kappa shape index (κ3) is 2.91. The molecule has 0 unspecified atom stereocenters. The molecular weight excluding hydrogens is 170 g/mol. The molecule has 0 saturated heterocycles. The van der Waals surface area contributed by atoms with Crippen molar-refractivity contribution in [2.24, 2.45) is 0 Å². The molecule has 14 heavy (non-hydrogen) atoms. The number of nitrogens with zero attached hydrogens (tertiary/aromatic N) is 1. The van der Waals surface area contributed by atoms with E-state index in [9.17, 15) is 0 Å². The second-order valence-corrected chi connectivity index (χ2v) is 3.40. The van der Waals surface area contributed by atoms with Crippen LogP contribution in [0.15, 0.2) is 42.6 Å². The van der Waals surface area contributed by atoms with Crippen molar-refractivity contribution >= 4 is 0 Å². The number of hydrogen-bond acceptors (Lipinski definition) is 1. The van der Waals surface area contributed by atoms with E-state index in [1.165, 1.54) is 11.3 Å². The lowest BCUT2D eigenvalue weighted by Gasteiger charge is -2.23. The molecule has 1 nitrogen and oxygen atoms in total. The van der Waals surface area contributed by atoms with Crippen LogP contribution in [0.1, 0.15) is 19.4 Å². The maximum atomic E-state index is 4.12. The van der Waals surface area contributed by atoms with Crippen LogP contribution in [0.2, 0.25) is 0 Å². The lowest BCUT2D eigenvalue weighted by Crippen LogP contribution is -2.22. The first-order valence-corrected chi connectivity index (χ1v) is 5.24. The third-order valence-electron chi connectivity index (χ3n) is 2.46. The summed E-state index contributed by atoms with van der Waals surface area (Å²) in [4.78, 5) is 2.30. The standard InChI is InChI=1S/C13H19N/c1-4-14(5-2)12(3)11-13-9-7-6-8-10-13/h6-10H,3-5,11H2,1-2H3. The summed E-state index contributed by atoms with van der Waals surface area (Å²) in [5.74, 6) is 0. The van der Waals surface area contributed by atoms with E-state index in [0.29, 0.717) is 0 Å². The Balaban J connectivity index is 2.57. The summed E-state index contributed by atoms with van der Waals surface area (Å²) in [7, 11) is 0. The molecule has 1 aromatic carbocycles. The van der Waals surface area contributed by atoms with Gasteiger partial charge in [-0.3, -0.25) is 0 Å². The summed E-state index contributed by atoms with van der Waals surface area (Å²) in [6.45, 7) is 10.5. The minimum atomic E-state index is 0.961. The number of benzene rings is 1. The van der Waals surface area contributed by atoms with E-state index in [4.69, 9.17) is 0 Å². The number of rotatable bonds is 5. The topological polar surface area (TPSA) is 3.24 Å². The lowest BCUT2D eigenvalue weighted by atomic mass is 10.1. The first-order valence-electron chi connectivity index (χ1n) is 5.24. The fourth-order valence-corrected chi connectivity index (χ4v) is 1.61. The number of hydrogen-bond donors (Lipinski definition) is 0. The molecule has 0 radical (unpaired) electrons. The number of likely N-dealkylation sites (N-methyl/N-ethyl adjacent to an activating group) is 1. The summed E-state index contributed by atoms with van der Waals surface area (Å²) >= 11 is 0. The highest BCUT2D eigenvalue weighted by atomic mass is 15.1. The van der Waals surface area contributed by atoms with Gasteiger partial charge in [-0.2, -0.15) is 0 Å². The molecule has 0 spiro atoms. The summed E-state index contributed by atoms with van der Waals surface area (Å²) in [6, 6.07) is 10.5. The van der Waals surface area contributed by atoms with Gasteiger partial charge in [0.2, 0.25) is 0 Å². The zero-order chi connectivity index (χ0) is 10.4. The highest BCUT2D eigenvalue weighted by Gasteiger charge is 2.02. The Labute approximate surface area is 87.1 Å². The summed E-state index contributed by atoms with van der Waals surface area (Å²) in [6.07, 6.45) is 0.961. The van der Waals surface area contributed by atoms with Gasteiger partial charge in [0.1, 0.15) is 0 Å². The van der Waals surface area contributed by atoms with Gasteiger partial charge in [-0.05, 0) is 19.4 Å². The van der Waals surface area contributed by atoms with Crippen LogP contribution in [0.3, 0.4) is 0 Å².